The Balaban J connectivity index is 1.93. The van der Waals surface area contributed by atoms with E-state index in [9.17, 15) is 18.0 Å². The number of amides is 1. The Morgan fingerprint density at radius 2 is 2.00 bits per heavy atom. The number of hydrogen-bond acceptors (Lipinski definition) is 4. The summed E-state index contributed by atoms with van der Waals surface area (Å²) in [5.41, 5.74) is -0.653. The first-order valence-electron chi connectivity index (χ1n) is 8.11. The van der Waals surface area contributed by atoms with Gasteiger partial charge in [0, 0.05) is 23.5 Å². The first kappa shape index (κ1) is 18.8. The Morgan fingerprint density at radius 1 is 1.26 bits per heavy atom. The highest BCUT2D eigenvalue weighted by Crippen LogP contribution is 2.35. The third kappa shape index (κ3) is 4.42. The predicted molar refractivity (Wildman–Crippen MR) is 91.0 cm³/mol. The van der Waals surface area contributed by atoms with Crippen molar-refractivity contribution in [3.63, 3.8) is 0 Å². The number of nitrogens with zero attached hydrogens (tertiary/aromatic N) is 2. The summed E-state index contributed by atoms with van der Waals surface area (Å²) in [6.45, 7) is 5.08. The molecule has 3 aromatic heterocycles. The van der Waals surface area contributed by atoms with Crippen molar-refractivity contribution in [3.05, 3.63) is 48.3 Å². The fraction of sp³-hybridized carbons (Fsp3) is 0.333. The minimum Gasteiger partial charge on any atom is -0.472 e. The first-order valence-corrected chi connectivity index (χ1v) is 8.11. The van der Waals surface area contributed by atoms with Crippen molar-refractivity contribution in [2.45, 2.75) is 39.1 Å². The lowest BCUT2D eigenvalue weighted by Gasteiger charge is -2.19. The molecule has 0 spiro atoms. The van der Waals surface area contributed by atoms with Gasteiger partial charge in [0.05, 0.1) is 30.3 Å². The zero-order valence-electron chi connectivity index (χ0n) is 14.9. The number of nitrogens with one attached hydrogen (secondary N) is 1. The van der Waals surface area contributed by atoms with Crippen LogP contribution in [-0.4, -0.2) is 21.1 Å². The van der Waals surface area contributed by atoms with Crippen LogP contribution in [0.15, 0.2) is 41.5 Å². The van der Waals surface area contributed by atoms with Gasteiger partial charge in [-0.1, -0.05) is 0 Å². The Kier molecular flexibility index (Phi) is 4.63. The number of aromatic nitrogens is 2. The predicted octanol–water partition coefficient (Wildman–Crippen LogP) is 4.64. The van der Waals surface area contributed by atoms with E-state index in [1.54, 1.807) is 26.8 Å². The minimum atomic E-state index is -4.58. The number of ether oxygens (including phenoxy) is 1. The maximum Gasteiger partial charge on any atom is 0.420 e. The molecule has 0 aliphatic carbocycles. The lowest BCUT2D eigenvalue weighted by molar-refractivity contribution is -0.136. The van der Waals surface area contributed by atoms with Crippen molar-refractivity contribution in [3.8, 4) is 11.1 Å². The van der Waals surface area contributed by atoms with Crippen LogP contribution in [0.4, 0.5) is 18.0 Å². The summed E-state index contributed by atoms with van der Waals surface area (Å²) in [5.74, 6) is 0. The molecule has 0 saturated carbocycles. The smallest absolute Gasteiger partial charge is 0.420 e. The number of halogens is 3. The number of imidazole rings is 1. The average Bonchev–Trinajstić information content (AvgIpc) is 3.18. The molecule has 3 heterocycles. The second-order valence-corrected chi connectivity index (χ2v) is 6.97. The molecular weight excluding hydrogens is 363 g/mol. The molecule has 0 unspecified atom stereocenters. The number of hydrogen-bond donors (Lipinski definition) is 1. The highest BCUT2D eigenvalue weighted by atomic mass is 19.4. The van der Waals surface area contributed by atoms with E-state index in [1.807, 2.05) is 0 Å². The number of fused-ring (bicyclic) bond motifs is 1. The van der Waals surface area contributed by atoms with Crippen LogP contribution >= 0.6 is 0 Å². The zero-order chi connectivity index (χ0) is 19.8. The van der Waals surface area contributed by atoms with E-state index in [1.165, 1.54) is 29.3 Å². The molecule has 0 atom stereocenters. The zero-order valence-corrected chi connectivity index (χ0v) is 14.9. The molecule has 0 aliphatic rings. The molecule has 1 N–H and O–H groups in total. The molecule has 3 rings (SSSR count). The number of furan rings is 1. The number of rotatable bonds is 3. The summed E-state index contributed by atoms with van der Waals surface area (Å²) in [6, 6.07) is 2.60. The summed E-state index contributed by atoms with van der Waals surface area (Å²) < 4.78 is 51.8. The highest BCUT2D eigenvalue weighted by Gasteiger charge is 2.35. The monoisotopic (exact) mass is 381 g/mol. The third-order valence-corrected chi connectivity index (χ3v) is 3.57. The molecule has 27 heavy (non-hydrogen) atoms. The van der Waals surface area contributed by atoms with E-state index in [0.717, 1.165) is 6.07 Å². The summed E-state index contributed by atoms with van der Waals surface area (Å²) in [4.78, 5) is 15.7. The van der Waals surface area contributed by atoms with E-state index in [2.05, 4.69) is 10.3 Å². The van der Waals surface area contributed by atoms with Crippen LogP contribution in [0.1, 0.15) is 32.0 Å². The van der Waals surface area contributed by atoms with Crippen molar-refractivity contribution >= 4 is 11.7 Å². The van der Waals surface area contributed by atoms with Crippen molar-refractivity contribution in [1.29, 1.82) is 0 Å². The number of pyridine rings is 1. The lowest BCUT2D eigenvalue weighted by Crippen LogP contribution is -2.32. The lowest BCUT2D eigenvalue weighted by atomic mass is 10.1. The summed E-state index contributed by atoms with van der Waals surface area (Å²) in [7, 11) is 0. The van der Waals surface area contributed by atoms with E-state index in [4.69, 9.17) is 9.15 Å². The normalized spacial score (nSPS) is 12.4. The van der Waals surface area contributed by atoms with E-state index in [0.29, 0.717) is 11.1 Å². The Hall–Kier alpha value is -2.97. The topological polar surface area (TPSA) is 68.8 Å². The van der Waals surface area contributed by atoms with Gasteiger partial charge in [0.1, 0.15) is 11.2 Å². The van der Waals surface area contributed by atoms with E-state index >= 15 is 0 Å². The second kappa shape index (κ2) is 6.64. The average molecular weight is 381 g/mol. The van der Waals surface area contributed by atoms with Gasteiger partial charge in [-0.3, -0.25) is 0 Å². The van der Waals surface area contributed by atoms with Crippen molar-refractivity contribution in [1.82, 2.24) is 14.7 Å². The van der Waals surface area contributed by atoms with Crippen molar-refractivity contribution in [2.24, 2.45) is 0 Å². The van der Waals surface area contributed by atoms with Crippen LogP contribution < -0.4 is 5.32 Å². The van der Waals surface area contributed by atoms with Crippen LogP contribution in [0.25, 0.3) is 16.8 Å². The van der Waals surface area contributed by atoms with Crippen LogP contribution in [0.3, 0.4) is 0 Å². The number of alkyl halides is 3. The maximum absolute atomic E-state index is 13.5. The molecule has 0 saturated heterocycles. The summed E-state index contributed by atoms with van der Waals surface area (Å²) >= 11 is 0. The molecule has 0 fully saturated rings. The summed E-state index contributed by atoms with van der Waals surface area (Å²) in [6.07, 6.45) is 0.461. The van der Waals surface area contributed by atoms with Crippen LogP contribution in [0, 0.1) is 0 Å². The molecule has 9 heteroatoms. The van der Waals surface area contributed by atoms with E-state index < -0.39 is 23.4 Å². The third-order valence-electron chi connectivity index (χ3n) is 3.57. The van der Waals surface area contributed by atoms with Gasteiger partial charge in [0.25, 0.3) is 0 Å². The molecule has 1 amide bonds. The van der Waals surface area contributed by atoms with Gasteiger partial charge >= 0.3 is 12.3 Å². The van der Waals surface area contributed by atoms with Gasteiger partial charge in [0.15, 0.2) is 0 Å². The Labute approximate surface area is 152 Å². The van der Waals surface area contributed by atoms with Gasteiger partial charge in [-0.25, -0.2) is 9.78 Å². The molecule has 144 valence electrons. The van der Waals surface area contributed by atoms with Crippen LogP contribution in [0.2, 0.25) is 0 Å². The maximum atomic E-state index is 13.5. The second-order valence-electron chi connectivity index (χ2n) is 6.97. The Bertz CT molecular complexity index is 954. The molecule has 0 radical (unpaired) electrons. The molecule has 0 aromatic carbocycles. The molecular formula is C18H18F3N3O3. The van der Waals surface area contributed by atoms with Crippen LogP contribution in [-0.2, 0) is 17.5 Å². The van der Waals surface area contributed by atoms with Gasteiger partial charge in [-0.15, -0.1) is 0 Å². The molecule has 6 nitrogen and oxygen atoms in total. The molecule has 0 aliphatic heterocycles. The van der Waals surface area contributed by atoms with Gasteiger partial charge < -0.3 is 18.9 Å². The summed E-state index contributed by atoms with van der Waals surface area (Å²) in [5, 5.41) is 2.48. The Morgan fingerprint density at radius 3 is 2.59 bits per heavy atom. The van der Waals surface area contributed by atoms with Crippen LogP contribution in [0.5, 0.6) is 0 Å². The highest BCUT2D eigenvalue weighted by molar-refractivity contribution is 5.68. The minimum absolute atomic E-state index is 0.0606. The standard InChI is InChI=1S/C18H18F3N3O3/c1-17(2,3)27-16(25)22-7-13-9-24-8-12(11-4-5-26-10-11)6-14(15(24)23-13)18(19,20)21/h4-6,8-10H,7H2,1-3H3,(H,22,25). The number of alkyl carbamates (subject to hydrolysis) is 1. The largest absolute Gasteiger partial charge is 0.472 e. The SMILES string of the molecule is CC(C)(C)OC(=O)NCc1cn2cc(-c3ccoc3)cc(C(F)(F)F)c2n1. The fourth-order valence-electron chi connectivity index (χ4n) is 2.51. The quantitative estimate of drug-likeness (QED) is 0.718. The fourth-order valence-corrected chi connectivity index (χ4v) is 2.51. The van der Waals surface area contributed by atoms with Gasteiger partial charge in [-0.05, 0) is 32.9 Å². The van der Waals surface area contributed by atoms with Gasteiger partial charge in [-0.2, -0.15) is 13.2 Å². The van der Waals surface area contributed by atoms with Crippen molar-refractivity contribution < 1.29 is 27.1 Å². The number of carbonyl (C=O) groups excluding carboxylic acids is 1. The molecule has 3 aromatic rings. The van der Waals surface area contributed by atoms with E-state index in [-0.39, 0.29) is 17.9 Å². The van der Waals surface area contributed by atoms with Gasteiger partial charge in [0.2, 0.25) is 0 Å². The molecule has 0 bridgehead atoms. The number of carbonyl (C=O) groups is 1. The van der Waals surface area contributed by atoms with Crippen molar-refractivity contribution in [2.75, 3.05) is 0 Å². The first-order chi connectivity index (χ1) is 12.5.